The van der Waals surface area contributed by atoms with Crippen molar-refractivity contribution in [3.8, 4) is 11.5 Å². The number of fused-ring (bicyclic) bond motifs is 6. The quantitative estimate of drug-likeness (QED) is 0.167. The second kappa shape index (κ2) is 11.8. The number of rotatable bonds is 6. The Morgan fingerprint density at radius 2 is 0.860 bits per heavy atom. The lowest BCUT2D eigenvalue weighted by molar-refractivity contribution is 0.0222. The number of benzene rings is 7. The van der Waals surface area contributed by atoms with Gasteiger partial charge in [-0.1, -0.05) is 84.9 Å². The van der Waals surface area contributed by atoms with Gasteiger partial charge < -0.3 is 19.3 Å². The van der Waals surface area contributed by atoms with E-state index in [0.717, 1.165) is 34.1 Å². The number of ether oxygens (including phenoxy) is 2. The zero-order chi connectivity index (χ0) is 33.7. The predicted molar refractivity (Wildman–Crippen MR) is 194 cm³/mol. The average Bonchev–Trinajstić information content (AvgIpc) is 3.46. The van der Waals surface area contributed by atoms with Crippen molar-refractivity contribution < 1.29 is 18.7 Å². The van der Waals surface area contributed by atoms with E-state index in [1.54, 1.807) is 12.1 Å². The summed E-state index contributed by atoms with van der Waals surface area (Å²) in [7, 11) is 0. The van der Waals surface area contributed by atoms with Crippen molar-refractivity contribution >= 4 is 40.1 Å². The van der Waals surface area contributed by atoms with E-state index in [2.05, 4.69) is 58.3 Å². The third-order valence-electron chi connectivity index (χ3n) is 9.33. The monoisotopic (exact) mass is 652 g/mol. The molecule has 1 spiro atoms. The van der Waals surface area contributed by atoms with E-state index in [0.29, 0.717) is 28.2 Å². The molecule has 2 heterocycles. The number of nitrogens with zero attached hydrogens (tertiary/aromatic N) is 2. The molecule has 0 aromatic heterocycles. The molecule has 0 amide bonds. The first-order chi connectivity index (χ1) is 24.6. The summed E-state index contributed by atoms with van der Waals surface area (Å²) in [4.78, 5) is 17.8. The molecule has 5 nitrogen and oxygen atoms in total. The van der Waals surface area contributed by atoms with E-state index in [1.165, 1.54) is 6.07 Å². The lowest BCUT2D eigenvalue weighted by atomic mass is 9.77. The van der Waals surface area contributed by atoms with Crippen molar-refractivity contribution in [2.45, 2.75) is 5.60 Å². The molecule has 0 fully saturated rings. The molecule has 7 aromatic carbocycles. The molecule has 6 heteroatoms. The van der Waals surface area contributed by atoms with Gasteiger partial charge in [-0.05, 0) is 78.9 Å². The highest BCUT2D eigenvalue weighted by Crippen LogP contribution is 2.58. The zero-order valence-electron chi connectivity index (χ0n) is 26.7. The summed E-state index contributed by atoms with van der Waals surface area (Å²) in [5.74, 6) is -0.332. The number of halogens is 1. The van der Waals surface area contributed by atoms with Crippen molar-refractivity contribution in [1.29, 1.82) is 0 Å². The van der Waals surface area contributed by atoms with Gasteiger partial charge in [-0.3, -0.25) is 0 Å². The number of esters is 1. The Morgan fingerprint density at radius 3 is 1.28 bits per heavy atom. The summed E-state index contributed by atoms with van der Waals surface area (Å²) in [5.41, 5.74) is 5.73. The Balaban J connectivity index is 1.26. The fraction of sp³-hybridized carbons (Fsp3) is 0.0227. The average molecular weight is 653 g/mol. The predicted octanol–water partition coefficient (Wildman–Crippen LogP) is 11.3. The maximum absolute atomic E-state index is 15.4. The molecule has 2 aliphatic rings. The smallest absolute Gasteiger partial charge is 0.343 e. The third kappa shape index (κ3) is 4.65. The molecule has 0 bridgehead atoms. The zero-order valence-corrected chi connectivity index (χ0v) is 26.7. The lowest BCUT2D eigenvalue weighted by Crippen LogP contribution is -2.33. The Hall–Kier alpha value is -6.66. The van der Waals surface area contributed by atoms with E-state index in [4.69, 9.17) is 9.47 Å². The van der Waals surface area contributed by atoms with E-state index < -0.39 is 17.4 Å². The standard InChI is InChI=1S/C44H29FN2O3/c45-39-23-13-22-38-42(39)43(48)50-44(38)36-26-24-34(46(30-14-5-1-6-15-30)31-16-7-2-8-17-31)28-40(36)49-41-29-35(25-27-37(41)44)47(32-18-9-3-10-19-32)33-20-11-4-12-21-33/h1-29H. The molecule has 2 aliphatic heterocycles. The van der Waals surface area contributed by atoms with Gasteiger partial charge in [0.15, 0.2) is 5.60 Å². The fourth-order valence-electron chi connectivity index (χ4n) is 7.19. The number of hydrogen-bond acceptors (Lipinski definition) is 5. The molecule has 0 saturated heterocycles. The van der Waals surface area contributed by atoms with Crippen LogP contribution in [0.3, 0.4) is 0 Å². The fourth-order valence-corrected chi connectivity index (χ4v) is 7.19. The van der Waals surface area contributed by atoms with Crippen LogP contribution in [0, 0.1) is 5.82 Å². The number of anilines is 6. The molecule has 0 atom stereocenters. The van der Waals surface area contributed by atoms with Gasteiger partial charge >= 0.3 is 5.97 Å². The Kier molecular flexibility index (Phi) is 6.95. The van der Waals surface area contributed by atoms with Gasteiger partial charge in [-0.15, -0.1) is 0 Å². The van der Waals surface area contributed by atoms with Crippen LogP contribution in [0.4, 0.5) is 38.5 Å². The van der Waals surface area contributed by atoms with Gasteiger partial charge in [0.2, 0.25) is 0 Å². The molecule has 7 aromatic rings. The minimum atomic E-state index is -1.43. The van der Waals surface area contributed by atoms with Gasteiger partial charge in [-0.25, -0.2) is 9.18 Å². The van der Waals surface area contributed by atoms with E-state index in [-0.39, 0.29) is 5.56 Å². The minimum Gasteiger partial charge on any atom is -0.456 e. The summed E-state index contributed by atoms with van der Waals surface area (Å²) >= 11 is 0. The molecule has 0 N–H and O–H groups in total. The van der Waals surface area contributed by atoms with Gasteiger partial charge in [0.05, 0.1) is 0 Å². The number of hydrogen-bond donors (Lipinski definition) is 0. The van der Waals surface area contributed by atoms with Crippen LogP contribution in [0.2, 0.25) is 0 Å². The summed E-state index contributed by atoms with van der Waals surface area (Å²) in [6.45, 7) is 0. The van der Waals surface area contributed by atoms with Gasteiger partial charge in [0, 0.05) is 62.9 Å². The first-order valence-electron chi connectivity index (χ1n) is 16.4. The molecule has 9 rings (SSSR count). The van der Waals surface area contributed by atoms with Gasteiger partial charge in [0.1, 0.15) is 22.9 Å². The van der Waals surface area contributed by atoms with Crippen molar-refractivity contribution in [2.24, 2.45) is 0 Å². The summed E-state index contributed by atoms with van der Waals surface area (Å²) in [5, 5.41) is 0. The highest BCUT2D eigenvalue weighted by molar-refractivity contribution is 5.97. The van der Waals surface area contributed by atoms with Gasteiger partial charge in [0.25, 0.3) is 0 Å². The first kappa shape index (κ1) is 29.5. The van der Waals surface area contributed by atoms with Crippen LogP contribution < -0.4 is 14.5 Å². The van der Waals surface area contributed by atoms with E-state index in [9.17, 15) is 4.79 Å². The largest absolute Gasteiger partial charge is 0.456 e. The van der Waals surface area contributed by atoms with Crippen LogP contribution in [0.25, 0.3) is 0 Å². The van der Waals surface area contributed by atoms with Crippen molar-refractivity contribution in [3.05, 3.63) is 204 Å². The van der Waals surface area contributed by atoms with Crippen LogP contribution in [-0.4, -0.2) is 5.97 Å². The Labute approximate surface area is 289 Å². The van der Waals surface area contributed by atoms with Crippen LogP contribution in [0.15, 0.2) is 176 Å². The summed E-state index contributed by atoms with van der Waals surface area (Å²) < 4.78 is 28.6. The number of carbonyl (C=O) groups is 1. The van der Waals surface area contributed by atoms with Crippen LogP contribution in [0.5, 0.6) is 11.5 Å². The summed E-state index contributed by atoms with van der Waals surface area (Å²) in [6.07, 6.45) is 0. The molecule has 0 radical (unpaired) electrons. The molecular weight excluding hydrogens is 623 g/mol. The molecule has 0 aliphatic carbocycles. The highest BCUT2D eigenvalue weighted by atomic mass is 19.1. The SMILES string of the molecule is O=C1OC2(c3ccc(N(c4ccccc4)c4ccccc4)cc3Oc3cc(N(c4ccccc4)c4ccccc4)ccc32)c2cccc(F)c21. The minimum absolute atomic E-state index is 0.0650. The first-order valence-corrected chi connectivity index (χ1v) is 16.4. The van der Waals surface area contributed by atoms with Crippen LogP contribution >= 0.6 is 0 Å². The van der Waals surface area contributed by atoms with Crippen LogP contribution in [-0.2, 0) is 10.3 Å². The Morgan fingerprint density at radius 1 is 0.440 bits per heavy atom. The molecule has 0 saturated carbocycles. The van der Waals surface area contributed by atoms with Crippen molar-refractivity contribution in [2.75, 3.05) is 9.80 Å². The number of para-hydroxylation sites is 4. The molecule has 240 valence electrons. The maximum atomic E-state index is 15.4. The Bertz CT molecular complexity index is 2160. The van der Waals surface area contributed by atoms with E-state index in [1.807, 2.05) is 109 Å². The summed E-state index contributed by atoms with van der Waals surface area (Å²) in [6, 6.07) is 56.8. The second-order valence-corrected chi connectivity index (χ2v) is 12.2. The lowest BCUT2D eigenvalue weighted by Gasteiger charge is -2.38. The molecular formula is C44H29FN2O3. The van der Waals surface area contributed by atoms with Crippen molar-refractivity contribution in [1.82, 2.24) is 0 Å². The highest BCUT2D eigenvalue weighted by Gasteiger charge is 2.54. The molecule has 0 unspecified atom stereocenters. The normalized spacial score (nSPS) is 13.4. The third-order valence-corrected chi connectivity index (χ3v) is 9.33. The van der Waals surface area contributed by atoms with Gasteiger partial charge in [-0.2, -0.15) is 0 Å². The van der Waals surface area contributed by atoms with E-state index >= 15 is 4.39 Å². The number of carbonyl (C=O) groups excluding carboxylic acids is 1. The topological polar surface area (TPSA) is 42.0 Å². The second-order valence-electron chi connectivity index (χ2n) is 12.2. The van der Waals surface area contributed by atoms with Crippen LogP contribution in [0.1, 0.15) is 27.0 Å². The maximum Gasteiger partial charge on any atom is 0.343 e. The van der Waals surface area contributed by atoms with Crippen molar-refractivity contribution in [3.63, 3.8) is 0 Å². The molecule has 50 heavy (non-hydrogen) atoms.